The van der Waals surface area contributed by atoms with Crippen molar-refractivity contribution < 1.29 is 23.4 Å². The highest BCUT2D eigenvalue weighted by molar-refractivity contribution is 5.49. The largest absolute Gasteiger partial charge is 0.486 e. The summed E-state index contributed by atoms with van der Waals surface area (Å²) in [5, 5.41) is 9.43. The SMILES string of the molecule is CC(O)c1cc2c(cc1C(F)F)OCCO2. The summed E-state index contributed by atoms with van der Waals surface area (Å²) >= 11 is 0. The molecule has 0 aromatic heterocycles. The van der Waals surface area contributed by atoms with Gasteiger partial charge < -0.3 is 14.6 Å². The fourth-order valence-electron chi connectivity index (χ4n) is 1.67. The lowest BCUT2D eigenvalue weighted by Crippen LogP contribution is -2.16. The van der Waals surface area contributed by atoms with E-state index in [9.17, 15) is 13.9 Å². The van der Waals surface area contributed by atoms with Crippen LogP contribution in [0.5, 0.6) is 11.5 Å². The number of aliphatic hydroxyl groups excluding tert-OH is 1. The number of halogens is 2. The van der Waals surface area contributed by atoms with E-state index in [4.69, 9.17) is 9.47 Å². The molecule has 0 amide bonds. The van der Waals surface area contributed by atoms with Crippen LogP contribution in [0.25, 0.3) is 0 Å². The number of benzene rings is 1. The molecule has 0 bridgehead atoms. The Kier molecular flexibility index (Phi) is 2.96. The van der Waals surface area contributed by atoms with Gasteiger partial charge in [0.15, 0.2) is 11.5 Å². The summed E-state index contributed by atoms with van der Waals surface area (Å²) in [4.78, 5) is 0. The van der Waals surface area contributed by atoms with Gasteiger partial charge in [0, 0.05) is 5.56 Å². The van der Waals surface area contributed by atoms with Crippen molar-refractivity contribution in [3.05, 3.63) is 23.3 Å². The standard InChI is InChI=1S/C11H12F2O3/c1-6(14)7-4-9-10(16-3-2-15-9)5-8(7)11(12)13/h4-6,11,14H,2-3H2,1H3. The van der Waals surface area contributed by atoms with Crippen LogP contribution >= 0.6 is 0 Å². The van der Waals surface area contributed by atoms with Crippen LogP contribution in [0, 0.1) is 0 Å². The number of aliphatic hydroxyl groups is 1. The van der Waals surface area contributed by atoms with Gasteiger partial charge in [0.05, 0.1) is 6.10 Å². The van der Waals surface area contributed by atoms with Crippen molar-refractivity contribution in [1.29, 1.82) is 0 Å². The van der Waals surface area contributed by atoms with Crippen LogP contribution in [-0.4, -0.2) is 18.3 Å². The summed E-state index contributed by atoms with van der Waals surface area (Å²) in [6.07, 6.45) is -3.60. The van der Waals surface area contributed by atoms with Crippen molar-refractivity contribution in [1.82, 2.24) is 0 Å². The monoisotopic (exact) mass is 230 g/mol. The molecule has 1 N–H and O–H groups in total. The van der Waals surface area contributed by atoms with Crippen LogP contribution in [0.1, 0.15) is 30.6 Å². The first-order valence-electron chi connectivity index (χ1n) is 4.99. The van der Waals surface area contributed by atoms with E-state index in [0.717, 1.165) is 0 Å². The predicted octanol–water partition coefficient (Wildman–Crippen LogP) is 2.45. The second-order valence-electron chi connectivity index (χ2n) is 3.60. The fraction of sp³-hybridized carbons (Fsp3) is 0.455. The molecular formula is C11H12F2O3. The van der Waals surface area contributed by atoms with Gasteiger partial charge in [0.2, 0.25) is 0 Å². The molecule has 0 spiro atoms. The molecule has 88 valence electrons. The van der Waals surface area contributed by atoms with Crippen molar-refractivity contribution in [3.63, 3.8) is 0 Å². The lowest BCUT2D eigenvalue weighted by atomic mass is 10.0. The molecule has 0 fully saturated rings. The summed E-state index contributed by atoms with van der Waals surface area (Å²) in [6.45, 7) is 2.18. The first kappa shape index (κ1) is 11.1. The van der Waals surface area contributed by atoms with Gasteiger partial charge in [-0.25, -0.2) is 8.78 Å². The molecular weight excluding hydrogens is 218 g/mol. The summed E-state index contributed by atoms with van der Waals surface area (Å²) in [5.41, 5.74) is -0.0292. The van der Waals surface area contributed by atoms with E-state index in [1.54, 1.807) is 0 Å². The molecule has 1 heterocycles. The molecule has 0 aliphatic carbocycles. The molecule has 1 aromatic carbocycles. The zero-order valence-corrected chi connectivity index (χ0v) is 8.74. The Morgan fingerprint density at radius 3 is 2.06 bits per heavy atom. The molecule has 0 radical (unpaired) electrons. The summed E-state index contributed by atoms with van der Waals surface area (Å²) in [6, 6.07) is 2.65. The lowest BCUT2D eigenvalue weighted by molar-refractivity contribution is 0.135. The Bertz CT molecular complexity index is 354. The molecule has 2 rings (SSSR count). The van der Waals surface area contributed by atoms with E-state index >= 15 is 0 Å². The van der Waals surface area contributed by atoms with Crippen LogP contribution in [0.2, 0.25) is 0 Å². The van der Waals surface area contributed by atoms with E-state index in [1.807, 2.05) is 0 Å². The zero-order valence-electron chi connectivity index (χ0n) is 8.74. The van der Waals surface area contributed by atoms with E-state index in [0.29, 0.717) is 24.7 Å². The van der Waals surface area contributed by atoms with Gasteiger partial charge in [0.1, 0.15) is 13.2 Å². The number of hydrogen-bond donors (Lipinski definition) is 1. The van der Waals surface area contributed by atoms with Gasteiger partial charge in [-0.2, -0.15) is 0 Å². The molecule has 5 heteroatoms. The maximum atomic E-state index is 12.8. The van der Waals surface area contributed by atoms with E-state index in [2.05, 4.69) is 0 Å². The summed E-state index contributed by atoms with van der Waals surface area (Å²) in [7, 11) is 0. The molecule has 1 unspecified atom stereocenters. The Morgan fingerprint density at radius 1 is 1.12 bits per heavy atom. The van der Waals surface area contributed by atoms with E-state index in [-0.39, 0.29) is 11.1 Å². The molecule has 16 heavy (non-hydrogen) atoms. The van der Waals surface area contributed by atoms with Gasteiger partial charge in [-0.3, -0.25) is 0 Å². The average Bonchev–Trinajstić information content (AvgIpc) is 2.27. The number of fused-ring (bicyclic) bond motifs is 1. The van der Waals surface area contributed by atoms with Gasteiger partial charge in [-0.05, 0) is 24.6 Å². The summed E-state index contributed by atoms with van der Waals surface area (Å²) in [5.74, 6) is 0.720. The highest BCUT2D eigenvalue weighted by Gasteiger charge is 2.22. The van der Waals surface area contributed by atoms with Crippen LogP contribution in [0.15, 0.2) is 12.1 Å². The number of alkyl halides is 2. The van der Waals surface area contributed by atoms with Crippen molar-refractivity contribution in [2.45, 2.75) is 19.5 Å². The van der Waals surface area contributed by atoms with E-state index in [1.165, 1.54) is 19.1 Å². The van der Waals surface area contributed by atoms with Crippen LogP contribution in [0.4, 0.5) is 8.78 Å². The highest BCUT2D eigenvalue weighted by atomic mass is 19.3. The van der Waals surface area contributed by atoms with Gasteiger partial charge >= 0.3 is 0 Å². The third kappa shape index (κ3) is 1.95. The molecule has 1 aliphatic rings. The molecule has 0 saturated heterocycles. The maximum absolute atomic E-state index is 12.8. The second-order valence-corrected chi connectivity index (χ2v) is 3.60. The first-order valence-corrected chi connectivity index (χ1v) is 4.99. The molecule has 1 aromatic rings. The first-order chi connectivity index (χ1) is 7.59. The minimum absolute atomic E-state index is 0.180. The van der Waals surface area contributed by atoms with Crippen molar-refractivity contribution in [2.75, 3.05) is 13.2 Å². The maximum Gasteiger partial charge on any atom is 0.264 e. The average molecular weight is 230 g/mol. The number of hydrogen-bond acceptors (Lipinski definition) is 3. The second kappa shape index (κ2) is 4.25. The highest BCUT2D eigenvalue weighted by Crippen LogP contribution is 2.38. The van der Waals surface area contributed by atoms with Crippen molar-refractivity contribution >= 4 is 0 Å². The van der Waals surface area contributed by atoms with Crippen LogP contribution < -0.4 is 9.47 Å². The summed E-state index contributed by atoms with van der Waals surface area (Å²) < 4.78 is 36.0. The van der Waals surface area contributed by atoms with Gasteiger partial charge in [-0.1, -0.05) is 0 Å². The zero-order chi connectivity index (χ0) is 11.7. The van der Waals surface area contributed by atoms with Gasteiger partial charge in [0.25, 0.3) is 6.43 Å². The van der Waals surface area contributed by atoms with E-state index < -0.39 is 12.5 Å². The number of rotatable bonds is 2. The fourth-order valence-corrected chi connectivity index (χ4v) is 1.67. The smallest absolute Gasteiger partial charge is 0.264 e. The Balaban J connectivity index is 2.50. The van der Waals surface area contributed by atoms with Crippen molar-refractivity contribution in [3.8, 4) is 11.5 Å². The Morgan fingerprint density at radius 2 is 1.62 bits per heavy atom. The molecule has 1 aliphatic heterocycles. The quantitative estimate of drug-likeness (QED) is 0.848. The Hall–Kier alpha value is -1.36. The normalized spacial score (nSPS) is 16.3. The minimum Gasteiger partial charge on any atom is -0.486 e. The molecule has 1 atom stereocenters. The van der Waals surface area contributed by atoms with Gasteiger partial charge in [-0.15, -0.1) is 0 Å². The molecule has 0 saturated carbocycles. The topological polar surface area (TPSA) is 38.7 Å². The van der Waals surface area contributed by atoms with Crippen molar-refractivity contribution in [2.24, 2.45) is 0 Å². The molecule has 3 nitrogen and oxygen atoms in total. The lowest BCUT2D eigenvalue weighted by Gasteiger charge is -2.21. The third-order valence-electron chi connectivity index (χ3n) is 2.43. The van der Waals surface area contributed by atoms with Crippen LogP contribution in [0.3, 0.4) is 0 Å². The predicted molar refractivity (Wildman–Crippen MR) is 53.0 cm³/mol. The number of ether oxygens (including phenoxy) is 2. The Labute approximate surface area is 91.6 Å². The third-order valence-corrected chi connectivity index (χ3v) is 2.43. The minimum atomic E-state index is -2.64. The van der Waals surface area contributed by atoms with Crippen LogP contribution in [-0.2, 0) is 0 Å².